The molecule has 1 fully saturated rings. The first-order chi connectivity index (χ1) is 15.9. The minimum absolute atomic E-state index is 0.189. The fourth-order valence-electron chi connectivity index (χ4n) is 4.39. The number of carbonyl (C=O) groups is 1. The number of aromatic carboxylic acids is 1. The molecule has 7 nitrogen and oxygen atoms in total. The zero-order chi connectivity index (χ0) is 23.5. The van der Waals surface area contributed by atoms with Gasteiger partial charge in [-0.25, -0.2) is 18.6 Å². The number of nitrogens with zero attached hydrogens (tertiary/aromatic N) is 1. The molecular weight excluding hydrogens is 432 g/mol. The molecule has 4 rings (SSSR count). The Balaban J connectivity index is 1.66. The van der Waals surface area contributed by atoms with Crippen LogP contribution in [0.2, 0.25) is 0 Å². The number of carboxylic acid groups (broad SMARTS) is 1. The maximum atomic E-state index is 12.7. The Kier molecular flexibility index (Phi) is 6.80. The quantitative estimate of drug-likeness (QED) is 0.440. The number of hydrogen-bond acceptors (Lipinski definition) is 5. The molecule has 3 N–H and O–H groups in total. The number of carboxylic acids is 1. The van der Waals surface area contributed by atoms with Crippen LogP contribution in [0.4, 0.5) is 14.5 Å². The predicted molar refractivity (Wildman–Crippen MR) is 121 cm³/mol. The SMILES string of the molecule is COc1cc(C)c2[nH]ccc2c1NN1CC[C@@H](OCC(F)F)C[C@H]1c1ccc(C(=O)O)cc1. The molecule has 2 heterocycles. The summed E-state index contributed by atoms with van der Waals surface area (Å²) < 4.78 is 36.5. The number of halogens is 2. The Morgan fingerprint density at radius 3 is 2.73 bits per heavy atom. The highest BCUT2D eigenvalue weighted by atomic mass is 19.3. The summed E-state index contributed by atoms with van der Waals surface area (Å²) in [6, 6.07) is 10.3. The zero-order valence-corrected chi connectivity index (χ0v) is 18.5. The Bertz CT molecular complexity index is 1120. The van der Waals surface area contributed by atoms with E-state index < -0.39 is 19.0 Å². The molecule has 1 aromatic heterocycles. The predicted octanol–water partition coefficient (Wildman–Crippen LogP) is 5.00. The van der Waals surface area contributed by atoms with E-state index in [2.05, 4.69) is 10.4 Å². The molecule has 2 atom stereocenters. The van der Waals surface area contributed by atoms with Gasteiger partial charge in [-0.05, 0) is 55.2 Å². The number of alkyl halides is 2. The van der Waals surface area contributed by atoms with Crippen molar-refractivity contribution >= 4 is 22.6 Å². The molecule has 3 aromatic rings. The second kappa shape index (κ2) is 9.76. The average molecular weight is 459 g/mol. The van der Waals surface area contributed by atoms with Crippen molar-refractivity contribution in [2.75, 3.05) is 25.7 Å². The maximum Gasteiger partial charge on any atom is 0.335 e. The summed E-state index contributed by atoms with van der Waals surface area (Å²) in [5.74, 6) is -0.312. The number of rotatable bonds is 8. The van der Waals surface area contributed by atoms with Gasteiger partial charge in [-0.1, -0.05) is 12.1 Å². The number of aromatic nitrogens is 1. The van der Waals surface area contributed by atoms with Crippen LogP contribution in [0.3, 0.4) is 0 Å². The second-order valence-corrected chi connectivity index (χ2v) is 8.16. The molecule has 176 valence electrons. The first-order valence-corrected chi connectivity index (χ1v) is 10.8. The van der Waals surface area contributed by atoms with Crippen LogP contribution in [0.25, 0.3) is 10.9 Å². The number of anilines is 1. The summed E-state index contributed by atoms with van der Waals surface area (Å²) in [5, 5.41) is 12.2. The van der Waals surface area contributed by atoms with Crippen LogP contribution in [0.5, 0.6) is 5.75 Å². The molecule has 1 aliphatic heterocycles. The molecule has 1 aliphatic rings. The number of fused-ring (bicyclic) bond motifs is 1. The van der Waals surface area contributed by atoms with E-state index in [9.17, 15) is 18.7 Å². The molecule has 0 unspecified atom stereocenters. The first kappa shape index (κ1) is 23.0. The highest BCUT2D eigenvalue weighted by molar-refractivity contribution is 5.97. The van der Waals surface area contributed by atoms with E-state index in [0.29, 0.717) is 25.1 Å². The number of piperidine rings is 1. The van der Waals surface area contributed by atoms with Gasteiger partial charge in [0.15, 0.2) is 0 Å². The van der Waals surface area contributed by atoms with Gasteiger partial charge >= 0.3 is 5.97 Å². The van der Waals surface area contributed by atoms with E-state index >= 15 is 0 Å². The molecule has 2 aromatic carbocycles. The number of methoxy groups -OCH3 is 1. The summed E-state index contributed by atoms with van der Waals surface area (Å²) in [7, 11) is 1.62. The number of ether oxygens (including phenoxy) is 2. The molecular formula is C24H27F2N3O4. The van der Waals surface area contributed by atoms with E-state index in [1.54, 1.807) is 31.4 Å². The molecule has 33 heavy (non-hydrogen) atoms. The van der Waals surface area contributed by atoms with Crippen LogP contribution in [-0.4, -0.2) is 53.9 Å². The van der Waals surface area contributed by atoms with E-state index in [1.807, 2.05) is 30.3 Å². The summed E-state index contributed by atoms with van der Waals surface area (Å²) in [4.78, 5) is 14.5. The standard InChI is InChI=1S/C24H27F2N3O4/c1-14-11-20(32-2)23(18-7-9-27-22(14)18)28-29-10-8-17(33-13-21(25)26)12-19(29)15-3-5-16(6-4-15)24(30)31/h3-7,9,11,17,19,21,27-28H,8,10,12-13H2,1-2H3,(H,30,31)/t17-,19+/m1/s1. The Morgan fingerprint density at radius 2 is 2.06 bits per heavy atom. The third kappa shape index (κ3) is 4.94. The Morgan fingerprint density at radius 1 is 1.30 bits per heavy atom. The van der Waals surface area contributed by atoms with Gasteiger partial charge in [0, 0.05) is 18.1 Å². The van der Waals surface area contributed by atoms with E-state index in [-0.39, 0.29) is 17.7 Å². The molecule has 1 saturated heterocycles. The monoisotopic (exact) mass is 459 g/mol. The van der Waals surface area contributed by atoms with Crippen molar-refractivity contribution in [1.29, 1.82) is 0 Å². The van der Waals surface area contributed by atoms with Crippen LogP contribution in [0, 0.1) is 6.92 Å². The second-order valence-electron chi connectivity index (χ2n) is 8.16. The van der Waals surface area contributed by atoms with Gasteiger partial charge in [-0.3, -0.25) is 0 Å². The van der Waals surface area contributed by atoms with E-state index in [0.717, 1.165) is 27.7 Å². The van der Waals surface area contributed by atoms with Crippen molar-refractivity contribution in [3.8, 4) is 5.75 Å². The van der Waals surface area contributed by atoms with Gasteiger partial charge in [0.1, 0.15) is 18.0 Å². The highest BCUT2D eigenvalue weighted by Crippen LogP contribution is 2.39. The number of nitrogens with one attached hydrogen (secondary N) is 2. The first-order valence-electron chi connectivity index (χ1n) is 10.8. The van der Waals surface area contributed by atoms with Crippen LogP contribution >= 0.6 is 0 Å². The lowest BCUT2D eigenvalue weighted by Gasteiger charge is -2.40. The van der Waals surface area contributed by atoms with Crippen molar-refractivity contribution in [2.24, 2.45) is 0 Å². The number of H-pyrrole nitrogens is 1. The summed E-state index contributed by atoms with van der Waals surface area (Å²) in [6.07, 6.45) is 0.0841. The molecule has 0 bridgehead atoms. The lowest BCUT2D eigenvalue weighted by atomic mass is 9.94. The summed E-state index contributed by atoms with van der Waals surface area (Å²) in [6.45, 7) is 1.95. The minimum Gasteiger partial charge on any atom is -0.495 e. The molecule has 9 heteroatoms. The molecule has 0 aliphatic carbocycles. The number of hydrogen-bond donors (Lipinski definition) is 3. The van der Waals surface area contributed by atoms with Crippen molar-refractivity contribution in [3.05, 3.63) is 59.3 Å². The molecule has 0 spiro atoms. The largest absolute Gasteiger partial charge is 0.495 e. The average Bonchev–Trinajstić information content (AvgIpc) is 3.30. The summed E-state index contributed by atoms with van der Waals surface area (Å²) in [5.41, 5.74) is 7.41. The number of aryl methyl sites for hydroxylation is 1. The summed E-state index contributed by atoms with van der Waals surface area (Å²) >= 11 is 0. The molecule has 0 radical (unpaired) electrons. The van der Waals surface area contributed by atoms with Crippen molar-refractivity contribution in [2.45, 2.75) is 38.3 Å². The zero-order valence-electron chi connectivity index (χ0n) is 18.5. The van der Waals surface area contributed by atoms with Crippen LogP contribution < -0.4 is 10.2 Å². The Hall–Kier alpha value is -3.17. The van der Waals surface area contributed by atoms with E-state index in [4.69, 9.17) is 9.47 Å². The molecule has 0 amide bonds. The van der Waals surface area contributed by atoms with E-state index in [1.165, 1.54) is 0 Å². The lowest BCUT2D eigenvalue weighted by molar-refractivity contribution is -0.0555. The van der Waals surface area contributed by atoms with Crippen LogP contribution in [0.1, 0.15) is 40.4 Å². The van der Waals surface area contributed by atoms with Gasteiger partial charge in [-0.15, -0.1) is 0 Å². The Labute approximate surface area is 190 Å². The smallest absolute Gasteiger partial charge is 0.335 e. The van der Waals surface area contributed by atoms with Crippen molar-refractivity contribution in [1.82, 2.24) is 9.99 Å². The van der Waals surface area contributed by atoms with Gasteiger partial charge in [0.2, 0.25) is 0 Å². The van der Waals surface area contributed by atoms with Crippen LogP contribution in [0.15, 0.2) is 42.6 Å². The number of aromatic amines is 1. The van der Waals surface area contributed by atoms with Crippen molar-refractivity contribution < 1.29 is 28.2 Å². The lowest BCUT2D eigenvalue weighted by Crippen LogP contribution is -2.43. The topological polar surface area (TPSA) is 86.8 Å². The fourth-order valence-corrected chi connectivity index (χ4v) is 4.39. The fraction of sp³-hybridized carbons (Fsp3) is 0.375. The number of hydrazine groups is 1. The van der Waals surface area contributed by atoms with Gasteiger partial charge < -0.3 is 25.0 Å². The van der Waals surface area contributed by atoms with Crippen molar-refractivity contribution in [3.63, 3.8) is 0 Å². The van der Waals surface area contributed by atoms with Gasteiger partial charge in [0.05, 0.1) is 30.3 Å². The number of benzene rings is 2. The third-order valence-corrected chi connectivity index (χ3v) is 6.03. The van der Waals surface area contributed by atoms with Gasteiger partial charge in [-0.2, -0.15) is 0 Å². The maximum absolute atomic E-state index is 12.7. The van der Waals surface area contributed by atoms with Gasteiger partial charge in [0.25, 0.3) is 6.43 Å². The van der Waals surface area contributed by atoms with Crippen LogP contribution in [-0.2, 0) is 4.74 Å². The normalized spacial score (nSPS) is 19.2. The third-order valence-electron chi connectivity index (χ3n) is 6.03. The minimum atomic E-state index is -2.52. The molecule has 0 saturated carbocycles. The highest BCUT2D eigenvalue weighted by Gasteiger charge is 2.32.